The van der Waals surface area contributed by atoms with Gasteiger partial charge in [0.1, 0.15) is 17.2 Å². The van der Waals surface area contributed by atoms with Gasteiger partial charge in [-0.2, -0.15) is 0 Å². The van der Waals surface area contributed by atoms with Crippen molar-refractivity contribution in [1.82, 2.24) is 0 Å². The van der Waals surface area contributed by atoms with Gasteiger partial charge in [-0.3, -0.25) is 0 Å². The van der Waals surface area contributed by atoms with E-state index in [0.717, 1.165) is 0 Å². The Morgan fingerprint density at radius 1 is 1.33 bits per heavy atom. The summed E-state index contributed by atoms with van der Waals surface area (Å²) in [5, 5.41) is 3.33. The third kappa shape index (κ3) is 4.74. The summed E-state index contributed by atoms with van der Waals surface area (Å²) in [7, 11) is 1.21. The molecule has 7 heteroatoms. The van der Waals surface area contributed by atoms with Crippen LogP contribution in [0.5, 0.6) is 11.5 Å². The van der Waals surface area contributed by atoms with Crippen molar-refractivity contribution in [3.8, 4) is 11.5 Å². The van der Waals surface area contributed by atoms with Gasteiger partial charge >= 0.3 is 5.97 Å². The van der Waals surface area contributed by atoms with Crippen molar-refractivity contribution in [3.63, 3.8) is 0 Å². The van der Waals surface area contributed by atoms with Crippen LogP contribution in [0.15, 0.2) is 29.0 Å². The molecule has 112 valence electrons. The minimum absolute atomic E-state index is 0.148. The number of nitrogens with zero attached hydrogens (tertiary/aromatic N) is 3. The summed E-state index contributed by atoms with van der Waals surface area (Å²) < 4.78 is 15.5. The molecule has 0 fully saturated rings. The van der Waals surface area contributed by atoms with Crippen molar-refractivity contribution >= 4 is 12.0 Å². The van der Waals surface area contributed by atoms with E-state index in [9.17, 15) is 4.79 Å². The zero-order chi connectivity index (χ0) is 15.7. The molecule has 0 unspecified atom stereocenters. The molecular formula is C14H17N3O4. The predicted octanol–water partition coefficient (Wildman–Crippen LogP) is 3.31. The molecule has 0 radical (unpaired) electrons. The van der Waals surface area contributed by atoms with Gasteiger partial charge in [0.25, 0.3) is 0 Å². The van der Waals surface area contributed by atoms with E-state index in [4.69, 9.17) is 15.0 Å². The molecule has 0 aliphatic carbocycles. The first-order valence-electron chi connectivity index (χ1n) is 6.41. The Balaban J connectivity index is 3.25. The van der Waals surface area contributed by atoms with Crippen LogP contribution in [0.3, 0.4) is 0 Å². The lowest BCUT2D eigenvalue weighted by atomic mass is 10.1. The Bertz CT molecular complexity index is 578. The van der Waals surface area contributed by atoms with E-state index in [1.165, 1.54) is 13.2 Å². The largest absolute Gasteiger partial charge is 0.494 e. The molecule has 0 aliphatic rings. The molecule has 7 nitrogen and oxygen atoms in total. The van der Waals surface area contributed by atoms with Gasteiger partial charge in [0.15, 0.2) is 0 Å². The molecule has 0 heterocycles. The van der Waals surface area contributed by atoms with Crippen molar-refractivity contribution in [3.05, 3.63) is 39.9 Å². The van der Waals surface area contributed by atoms with Crippen molar-refractivity contribution in [1.29, 1.82) is 0 Å². The van der Waals surface area contributed by atoms with E-state index < -0.39 is 5.97 Å². The number of hydrogen-bond donors (Lipinski definition) is 0. The molecule has 0 aromatic heterocycles. The number of carbonyl (C=O) groups is 1. The number of ether oxygens (including phenoxy) is 3. The molecule has 21 heavy (non-hydrogen) atoms. The van der Waals surface area contributed by atoms with Crippen LogP contribution in [-0.2, 0) is 9.53 Å². The third-order valence-electron chi connectivity index (χ3n) is 2.44. The van der Waals surface area contributed by atoms with Crippen LogP contribution < -0.4 is 9.47 Å². The molecule has 0 atom stereocenters. The minimum atomic E-state index is -0.718. The minimum Gasteiger partial charge on any atom is -0.494 e. The van der Waals surface area contributed by atoms with Crippen LogP contribution in [-0.4, -0.2) is 26.3 Å². The molecule has 0 N–H and O–H groups in total. The third-order valence-corrected chi connectivity index (χ3v) is 2.44. The van der Waals surface area contributed by atoms with Crippen molar-refractivity contribution in [2.75, 3.05) is 20.3 Å². The summed E-state index contributed by atoms with van der Waals surface area (Å²) in [6, 6.07) is 5.17. The average Bonchev–Trinajstić information content (AvgIpc) is 2.49. The van der Waals surface area contributed by atoms with E-state index in [1.54, 1.807) is 18.2 Å². The number of methoxy groups -OCH3 is 1. The average molecular weight is 291 g/mol. The maximum atomic E-state index is 11.5. The molecular weight excluding hydrogens is 274 g/mol. The van der Waals surface area contributed by atoms with Gasteiger partial charge in [-0.05, 0) is 37.6 Å². The van der Waals surface area contributed by atoms with Gasteiger partial charge in [0.2, 0.25) is 0 Å². The summed E-state index contributed by atoms with van der Waals surface area (Å²) in [5.41, 5.74) is 8.95. The van der Waals surface area contributed by atoms with Crippen LogP contribution in [0.4, 0.5) is 0 Å². The molecule has 0 saturated carbocycles. The Morgan fingerprint density at radius 3 is 2.62 bits per heavy atom. The maximum Gasteiger partial charge on any atom is 0.340 e. The summed E-state index contributed by atoms with van der Waals surface area (Å²) >= 11 is 0. The lowest BCUT2D eigenvalue weighted by molar-refractivity contribution is -0.136. The number of azide groups is 1. The van der Waals surface area contributed by atoms with Crippen molar-refractivity contribution in [2.45, 2.75) is 13.8 Å². The Morgan fingerprint density at radius 2 is 2.05 bits per heavy atom. The lowest BCUT2D eigenvalue weighted by Crippen LogP contribution is -2.03. The lowest BCUT2D eigenvalue weighted by Gasteiger charge is -2.10. The topological polar surface area (TPSA) is 93.5 Å². The van der Waals surface area contributed by atoms with Crippen molar-refractivity contribution < 1.29 is 19.0 Å². The molecule has 0 spiro atoms. The Labute approximate surface area is 122 Å². The monoisotopic (exact) mass is 291 g/mol. The predicted molar refractivity (Wildman–Crippen MR) is 77.9 cm³/mol. The number of hydrogen-bond acceptors (Lipinski definition) is 5. The van der Waals surface area contributed by atoms with Crippen LogP contribution in [0.25, 0.3) is 16.5 Å². The fourth-order valence-corrected chi connectivity index (χ4v) is 1.60. The first kappa shape index (κ1) is 16.4. The van der Waals surface area contributed by atoms with Gasteiger partial charge < -0.3 is 14.2 Å². The Kier molecular flexibility index (Phi) is 6.63. The molecule has 0 aliphatic heterocycles. The maximum absolute atomic E-state index is 11.5. The van der Waals surface area contributed by atoms with Gasteiger partial charge in [-0.15, -0.1) is 0 Å². The number of carbonyl (C=O) groups excluding carboxylic acids is 1. The summed E-state index contributed by atoms with van der Waals surface area (Å²) in [6.45, 7) is 4.71. The van der Waals surface area contributed by atoms with Gasteiger partial charge in [0.05, 0.1) is 20.3 Å². The molecule has 1 aromatic rings. The summed E-state index contributed by atoms with van der Waals surface area (Å²) in [6.07, 6.45) is 1.41. The number of benzene rings is 1. The first-order valence-corrected chi connectivity index (χ1v) is 6.41. The molecule has 1 aromatic carbocycles. The van der Waals surface area contributed by atoms with Crippen LogP contribution in [0.1, 0.15) is 19.4 Å². The number of rotatable bonds is 7. The van der Waals surface area contributed by atoms with Crippen molar-refractivity contribution in [2.24, 2.45) is 5.11 Å². The van der Waals surface area contributed by atoms with E-state index in [0.29, 0.717) is 30.3 Å². The highest BCUT2D eigenvalue weighted by molar-refractivity contribution is 5.93. The van der Waals surface area contributed by atoms with E-state index >= 15 is 0 Å². The SMILES string of the molecule is CCOc1ccc(/C=C(\N=[N+]=[N-])C(=O)OC)c(OCC)c1. The highest BCUT2D eigenvalue weighted by Crippen LogP contribution is 2.27. The second-order valence-corrected chi connectivity index (χ2v) is 3.78. The van der Waals surface area contributed by atoms with Crippen LogP contribution in [0, 0.1) is 0 Å². The van der Waals surface area contributed by atoms with Gasteiger partial charge in [0, 0.05) is 16.5 Å². The van der Waals surface area contributed by atoms with E-state index in [1.807, 2.05) is 13.8 Å². The van der Waals surface area contributed by atoms with Crippen LogP contribution >= 0.6 is 0 Å². The molecule has 0 amide bonds. The molecule has 0 bridgehead atoms. The van der Waals surface area contributed by atoms with Gasteiger partial charge in [-0.1, -0.05) is 5.11 Å². The summed E-state index contributed by atoms with van der Waals surface area (Å²) in [5.74, 6) is 0.462. The second kappa shape index (κ2) is 8.50. The van der Waals surface area contributed by atoms with Crippen LogP contribution in [0.2, 0.25) is 0 Å². The standard InChI is InChI=1S/C14H17N3O4/c1-4-20-11-7-6-10(13(9-11)21-5-2)8-12(16-17-15)14(18)19-3/h6-9H,4-5H2,1-3H3/b12-8-. The smallest absolute Gasteiger partial charge is 0.340 e. The highest BCUT2D eigenvalue weighted by Gasteiger charge is 2.10. The molecule has 1 rings (SSSR count). The summed E-state index contributed by atoms with van der Waals surface area (Å²) in [4.78, 5) is 14.1. The van der Waals surface area contributed by atoms with E-state index in [2.05, 4.69) is 14.8 Å². The van der Waals surface area contributed by atoms with Gasteiger partial charge in [-0.25, -0.2) is 4.79 Å². The Hall–Kier alpha value is -2.66. The fraction of sp³-hybridized carbons (Fsp3) is 0.357. The van der Waals surface area contributed by atoms with E-state index in [-0.39, 0.29) is 5.70 Å². The second-order valence-electron chi connectivity index (χ2n) is 3.78. The normalized spacial score (nSPS) is 10.5. The first-order chi connectivity index (χ1) is 10.2. The molecule has 0 saturated heterocycles. The highest BCUT2D eigenvalue weighted by atomic mass is 16.5. The fourth-order valence-electron chi connectivity index (χ4n) is 1.60. The zero-order valence-electron chi connectivity index (χ0n) is 12.2. The number of esters is 1. The quantitative estimate of drug-likeness (QED) is 0.253. The zero-order valence-corrected chi connectivity index (χ0v) is 12.2.